The minimum atomic E-state index is -0.911. The third-order valence-electron chi connectivity index (χ3n) is 3.01. The van der Waals surface area contributed by atoms with Crippen LogP contribution in [0, 0.1) is 5.41 Å². The maximum Gasteiger partial charge on any atom is 0.110 e. The molecule has 0 spiro atoms. The van der Waals surface area contributed by atoms with Crippen LogP contribution in [-0.2, 0) is 12.1 Å². The highest BCUT2D eigenvalue weighted by Gasteiger charge is 2.39. The lowest BCUT2D eigenvalue weighted by atomic mass is 9.76. The second-order valence-corrected chi connectivity index (χ2v) is 5.16. The molecule has 0 amide bonds. The number of nitrogens with zero attached hydrogens (tertiary/aromatic N) is 3. The number of aliphatic hydroxyl groups is 1. The molecule has 1 heterocycles. The lowest BCUT2D eigenvalue weighted by molar-refractivity contribution is -0.0542. The Hall–Kier alpha value is -0.900. The zero-order valence-electron chi connectivity index (χ0n) is 10.3. The average molecular weight is 211 g/mol. The maximum atomic E-state index is 10.5. The molecule has 1 aromatic rings. The quantitative estimate of drug-likeness (QED) is 0.831. The van der Waals surface area contributed by atoms with Gasteiger partial charge in [0, 0.05) is 6.54 Å². The van der Waals surface area contributed by atoms with Crippen molar-refractivity contribution in [2.45, 2.75) is 53.2 Å². The summed E-state index contributed by atoms with van der Waals surface area (Å²) in [7, 11) is 0. The summed E-state index contributed by atoms with van der Waals surface area (Å²) in [6.07, 6.45) is 2.64. The second-order valence-electron chi connectivity index (χ2n) is 5.16. The summed E-state index contributed by atoms with van der Waals surface area (Å²) >= 11 is 0. The van der Waals surface area contributed by atoms with Crippen LogP contribution in [0.4, 0.5) is 0 Å². The first-order chi connectivity index (χ1) is 6.80. The fourth-order valence-corrected chi connectivity index (χ4v) is 1.40. The Labute approximate surface area is 91.3 Å². The van der Waals surface area contributed by atoms with Crippen LogP contribution in [0.3, 0.4) is 0 Å². The molecule has 0 aromatic carbocycles. The van der Waals surface area contributed by atoms with Gasteiger partial charge in [0.15, 0.2) is 0 Å². The molecule has 15 heavy (non-hydrogen) atoms. The average Bonchev–Trinajstić information content (AvgIpc) is 2.51. The smallest absolute Gasteiger partial charge is 0.110 e. The molecule has 0 bridgehead atoms. The molecule has 1 rings (SSSR count). The minimum absolute atomic E-state index is 0.236. The third kappa shape index (κ3) is 2.20. The third-order valence-corrected chi connectivity index (χ3v) is 3.01. The van der Waals surface area contributed by atoms with E-state index in [0.29, 0.717) is 0 Å². The Bertz CT molecular complexity index is 323. The molecule has 1 unspecified atom stereocenters. The molecule has 0 saturated carbocycles. The molecule has 1 N–H and O–H groups in total. The van der Waals surface area contributed by atoms with Crippen molar-refractivity contribution in [3.8, 4) is 0 Å². The predicted molar refractivity (Wildman–Crippen MR) is 59.3 cm³/mol. The molecule has 0 aliphatic carbocycles. The lowest BCUT2D eigenvalue weighted by Gasteiger charge is -2.36. The standard InChI is InChI=1S/C11H21N3O/c1-6-7-14-9(8-12-13-14)11(5,15)10(2,3)4/h8,15H,6-7H2,1-5H3. The van der Waals surface area contributed by atoms with Gasteiger partial charge in [0.2, 0.25) is 0 Å². The van der Waals surface area contributed by atoms with Crippen LogP contribution in [0.25, 0.3) is 0 Å². The topological polar surface area (TPSA) is 50.9 Å². The van der Waals surface area contributed by atoms with Gasteiger partial charge in [-0.15, -0.1) is 5.10 Å². The molecule has 4 heteroatoms. The van der Waals surface area contributed by atoms with Crippen LogP contribution in [0.2, 0.25) is 0 Å². The van der Waals surface area contributed by atoms with E-state index in [1.165, 1.54) is 0 Å². The van der Waals surface area contributed by atoms with E-state index in [4.69, 9.17) is 0 Å². The predicted octanol–water partition coefficient (Wildman–Crippen LogP) is 1.94. The molecule has 0 aliphatic rings. The first kappa shape index (κ1) is 12.2. The number of hydrogen-bond donors (Lipinski definition) is 1. The van der Waals surface area contributed by atoms with Gasteiger partial charge in [-0.25, -0.2) is 4.68 Å². The van der Waals surface area contributed by atoms with Crippen LogP contribution in [0.5, 0.6) is 0 Å². The van der Waals surface area contributed by atoms with E-state index >= 15 is 0 Å². The minimum Gasteiger partial charge on any atom is -0.383 e. The number of aromatic nitrogens is 3. The molecule has 1 atom stereocenters. The van der Waals surface area contributed by atoms with Crippen LogP contribution < -0.4 is 0 Å². The Morgan fingerprint density at radius 2 is 1.93 bits per heavy atom. The van der Waals surface area contributed by atoms with Crippen molar-refractivity contribution in [1.82, 2.24) is 15.0 Å². The Balaban J connectivity index is 3.09. The highest BCUT2D eigenvalue weighted by molar-refractivity contribution is 5.10. The summed E-state index contributed by atoms with van der Waals surface area (Å²) in [6.45, 7) is 10.7. The summed E-state index contributed by atoms with van der Waals surface area (Å²) < 4.78 is 1.78. The van der Waals surface area contributed by atoms with Gasteiger partial charge >= 0.3 is 0 Å². The van der Waals surface area contributed by atoms with Crippen LogP contribution in [-0.4, -0.2) is 20.1 Å². The van der Waals surface area contributed by atoms with E-state index in [1.54, 1.807) is 10.9 Å². The van der Waals surface area contributed by atoms with Crippen LogP contribution in [0.1, 0.15) is 46.7 Å². The van der Waals surface area contributed by atoms with E-state index in [-0.39, 0.29) is 5.41 Å². The molecule has 86 valence electrons. The van der Waals surface area contributed by atoms with Gasteiger partial charge in [-0.3, -0.25) is 0 Å². The van der Waals surface area contributed by atoms with Crippen molar-refractivity contribution < 1.29 is 5.11 Å². The number of rotatable bonds is 3. The van der Waals surface area contributed by atoms with E-state index in [1.807, 2.05) is 27.7 Å². The van der Waals surface area contributed by atoms with E-state index < -0.39 is 5.60 Å². The van der Waals surface area contributed by atoms with E-state index in [0.717, 1.165) is 18.7 Å². The van der Waals surface area contributed by atoms with Crippen molar-refractivity contribution >= 4 is 0 Å². The zero-order chi connectivity index (χ0) is 11.7. The van der Waals surface area contributed by atoms with Crippen molar-refractivity contribution in [2.75, 3.05) is 0 Å². The normalized spacial score (nSPS) is 16.4. The summed E-state index contributed by atoms with van der Waals surface area (Å²) in [5, 5.41) is 18.4. The molecule has 0 fully saturated rings. The molecule has 0 radical (unpaired) electrons. The molecule has 1 aromatic heterocycles. The van der Waals surface area contributed by atoms with Gasteiger partial charge in [-0.05, 0) is 18.8 Å². The van der Waals surface area contributed by atoms with Crippen molar-refractivity contribution in [3.63, 3.8) is 0 Å². The van der Waals surface area contributed by atoms with Gasteiger partial charge in [0.25, 0.3) is 0 Å². The number of hydrogen-bond acceptors (Lipinski definition) is 3. The Morgan fingerprint density at radius 1 is 1.33 bits per heavy atom. The molecule has 0 aliphatic heterocycles. The van der Waals surface area contributed by atoms with Gasteiger partial charge in [-0.1, -0.05) is 32.9 Å². The highest BCUT2D eigenvalue weighted by Crippen LogP contribution is 2.38. The molecule has 0 saturated heterocycles. The second kappa shape index (κ2) is 3.93. The largest absolute Gasteiger partial charge is 0.383 e. The first-order valence-electron chi connectivity index (χ1n) is 5.42. The van der Waals surface area contributed by atoms with E-state index in [9.17, 15) is 5.11 Å². The Morgan fingerprint density at radius 3 is 2.40 bits per heavy atom. The van der Waals surface area contributed by atoms with Crippen LogP contribution in [0.15, 0.2) is 6.20 Å². The summed E-state index contributed by atoms with van der Waals surface area (Å²) in [6, 6.07) is 0. The molecule has 4 nitrogen and oxygen atoms in total. The van der Waals surface area contributed by atoms with Gasteiger partial charge < -0.3 is 5.11 Å². The van der Waals surface area contributed by atoms with Crippen molar-refractivity contribution in [1.29, 1.82) is 0 Å². The monoisotopic (exact) mass is 211 g/mol. The summed E-state index contributed by atoms with van der Waals surface area (Å²) in [5.41, 5.74) is -0.358. The SMILES string of the molecule is CCCn1nncc1C(C)(O)C(C)(C)C. The Kier molecular flexibility index (Phi) is 3.19. The van der Waals surface area contributed by atoms with Crippen LogP contribution >= 0.6 is 0 Å². The molecular formula is C11H21N3O. The summed E-state index contributed by atoms with van der Waals surface area (Å²) in [4.78, 5) is 0. The number of aryl methyl sites for hydroxylation is 1. The fraction of sp³-hybridized carbons (Fsp3) is 0.818. The maximum absolute atomic E-state index is 10.5. The van der Waals surface area contributed by atoms with Crippen molar-refractivity contribution in [3.05, 3.63) is 11.9 Å². The summed E-state index contributed by atoms with van der Waals surface area (Å²) in [5.74, 6) is 0. The first-order valence-corrected chi connectivity index (χ1v) is 5.42. The van der Waals surface area contributed by atoms with Gasteiger partial charge in [0.05, 0.1) is 11.9 Å². The van der Waals surface area contributed by atoms with E-state index in [2.05, 4.69) is 17.2 Å². The van der Waals surface area contributed by atoms with Crippen molar-refractivity contribution in [2.24, 2.45) is 5.41 Å². The van der Waals surface area contributed by atoms with Gasteiger partial charge in [-0.2, -0.15) is 0 Å². The lowest BCUT2D eigenvalue weighted by Crippen LogP contribution is -2.39. The molecular weight excluding hydrogens is 190 g/mol. The highest BCUT2D eigenvalue weighted by atomic mass is 16.3. The fourth-order valence-electron chi connectivity index (χ4n) is 1.40. The zero-order valence-corrected chi connectivity index (χ0v) is 10.3. The van der Waals surface area contributed by atoms with Gasteiger partial charge in [0.1, 0.15) is 5.60 Å².